The predicted octanol–water partition coefficient (Wildman–Crippen LogP) is 3.26. The first-order chi connectivity index (χ1) is 8.11. The molecule has 0 spiro atoms. The summed E-state index contributed by atoms with van der Waals surface area (Å²) in [7, 11) is 1.70. The van der Waals surface area contributed by atoms with E-state index < -0.39 is 0 Å². The minimum absolute atomic E-state index is 0.352. The summed E-state index contributed by atoms with van der Waals surface area (Å²) in [5, 5.41) is 0.774. The maximum Gasteiger partial charge on any atom is 0.122 e. The second-order valence-corrected chi connectivity index (χ2v) is 5.46. The van der Waals surface area contributed by atoms with Crippen LogP contribution in [0.5, 0.6) is 5.75 Å². The topological polar surface area (TPSA) is 35.2 Å². The number of ether oxygens (including phenoxy) is 1. The van der Waals surface area contributed by atoms with Crippen LogP contribution in [0, 0.1) is 11.8 Å². The average Bonchev–Trinajstić information content (AvgIpc) is 2.61. The number of benzene rings is 1. The molecule has 1 aliphatic rings. The molecule has 94 valence electrons. The Morgan fingerprint density at radius 1 is 1.41 bits per heavy atom. The summed E-state index contributed by atoms with van der Waals surface area (Å²) < 4.78 is 5.38. The summed E-state index contributed by atoms with van der Waals surface area (Å²) in [6, 6.07) is 6.17. The molecule has 0 saturated heterocycles. The minimum atomic E-state index is 0.352. The minimum Gasteiger partial charge on any atom is -0.496 e. The first-order valence-electron chi connectivity index (χ1n) is 6.20. The summed E-state index contributed by atoms with van der Waals surface area (Å²) in [6.07, 6.45) is 3.35. The molecule has 1 fully saturated rings. The van der Waals surface area contributed by atoms with Gasteiger partial charge in [0.25, 0.3) is 0 Å². The van der Waals surface area contributed by atoms with E-state index >= 15 is 0 Å². The highest BCUT2D eigenvalue weighted by Crippen LogP contribution is 2.35. The van der Waals surface area contributed by atoms with E-state index in [9.17, 15) is 0 Å². The van der Waals surface area contributed by atoms with Gasteiger partial charge in [0.1, 0.15) is 5.75 Å². The molecule has 1 aromatic carbocycles. The van der Waals surface area contributed by atoms with Gasteiger partial charge in [0.15, 0.2) is 0 Å². The van der Waals surface area contributed by atoms with Crippen LogP contribution in [0.4, 0.5) is 0 Å². The van der Waals surface area contributed by atoms with Gasteiger partial charge in [-0.1, -0.05) is 18.5 Å². The van der Waals surface area contributed by atoms with Gasteiger partial charge in [-0.05, 0) is 54.9 Å². The van der Waals surface area contributed by atoms with Crippen LogP contribution in [0.2, 0.25) is 5.02 Å². The monoisotopic (exact) mass is 253 g/mol. The normalized spacial score (nSPS) is 28.4. The van der Waals surface area contributed by atoms with Crippen molar-refractivity contribution in [2.75, 3.05) is 7.11 Å². The second kappa shape index (κ2) is 5.28. The van der Waals surface area contributed by atoms with Gasteiger partial charge in [0, 0.05) is 11.1 Å². The van der Waals surface area contributed by atoms with E-state index in [0.717, 1.165) is 23.6 Å². The highest BCUT2D eigenvalue weighted by molar-refractivity contribution is 6.30. The number of halogens is 1. The summed E-state index contributed by atoms with van der Waals surface area (Å²) in [5.74, 6) is 2.16. The zero-order valence-electron chi connectivity index (χ0n) is 10.4. The molecule has 2 rings (SSSR count). The Kier molecular flexibility index (Phi) is 3.95. The molecule has 1 aliphatic carbocycles. The SMILES string of the molecule is COc1ccc(Cl)cc1CC1CCC(N)C1C. The fraction of sp³-hybridized carbons (Fsp3) is 0.571. The van der Waals surface area contributed by atoms with Crippen LogP contribution in [-0.2, 0) is 6.42 Å². The van der Waals surface area contributed by atoms with E-state index in [1.807, 2.05) is 18.2 Å². The van der Waals surface area contributed by atoms with E-state index in [2.05, 4.69) is 6.92 Å². The zero-order valence-corrected chi connectivity index (χ0v) is 11.2. The van der Waals surface area contributed by atoms with Crippen molar-refractivity contribution in [3.63, 3.8) is 0 Å². The molecule has 2 N–H and O–H groups in total. The van der Waals surface area contributed by atoms with Crippen molar-refractivity contribution >= 4 is 11.6 Å². The smallest absolute Gasteiger partial charge is 0.122 e. The van der Waals surface area contributed by atoms with Crippen molar-refractivity contribution in [3.8, 4) is 5.75 Å². The van der Waals surface area contributed by atoms with Gasteiger partial charge < -0.3 is 10.5 Å². The summed E-state index contributed by atoms with van der Waals surface area (Å²) in [4.78, 5) is 0. The highest BCUT2D eigenvalue weighted by Gasteiger charge is 2.30. The maximum absolute atomic E-state index is 6.07. The standard InChI is InChI=1S/C14H20ClNO/c1-9-10(3-5-13(9)16)7-11-8-12(15)4-6-14(11)17-2/h4,6,8-10,13H,3,5,7,16H2,1-2H3. The summed E-state index contributed by atoms with van der Waals surface area (Å²) >= 11 is 6.04. The van der Waals surface area contributed by atoms with Crippen LogP contribution >= 0.6 is 11.6 Å². The van der Waals surface area contributed by atoms with E-state index in [0.29, 0.717) is 17.9 Å². The summed E-state index contributed by atoms with van der Waals surface area (Å²) in [5.41, 5.74) is 7.27. The Labute approximate surface area is 108 Å². The zero-order chi connectivity index (χ0) is 12.4. The lowest BCUT2D eigenvalue weighted by Gasteiger charge is -2.19. The van der Waals surface area contributed by atoms with Crippen molar-refractivity contribution in [1.82, 2.24) is 0 Å². The van der Waals surface area contributed by atoms with Crippen LogP contribution < -0.4 is 10.5 Å². The quantitative estimate of drug-likeness (QED) is 0.898. The Bertz CT molecular complexity index is 394. The third kappa shape index (κ3) is 2.75. The largest absolute Gasteiger partial charge is 0.496 e. The maximum atomic E-state index is 6.07. The average molecular weight is 254 g/mol. The first kappa shape index (κ1) is 12.7. The van der Waals surface area contributed by atoms with Gasteiger partial charge in [-0.2, -0.15) is 0 Å². The molecule has 1 saturated carbocycles. The molecule has 0 bridgehead atoms. The van der Waals surface area contributed by atoms with Crippen molar-refractivity contribution in [2.45, 2.75) is 32.2 Å². The lowest BCUT2D eigenvalue weighted by Crippen LogP contribution is -2.25. The molecular formula is C14H20ClNO. The fourth-order valence-electron chi connectivity index (χ4n) is 2.76. The molecule has 1 aromatic rings. The second-order valence-electron chi connectivity index (χ2n) is 5.02. The van der Waals surface area contributed by atoms with Crippen LogP contribution in [0.3, 0.4) is 0 Å². The number of rotatable bonds is 3. The molecule has 3 atom stereocenters. The molecule has 3 heteroatoms. The van der Waals surface area contributed by atoms with Gasteiger partial charge in [0.05, 0.1) is 7.11 Å². The lowest BCUT2D eigenvalue weighted by atomic mass is 9.89. The van der Waals surface area contributed by atoms with Crippen LogP contribution in [0.15, 0.2) is 18.2 Å². The molecule has 0 heterocycles. The van der Waals surface area contributed by atoms with Crippen LogP contribution in [0.1, 0.15) is 25.3 Å². The molecule has 2 nitrogen and oxygen atoms in total. The Balaban J connectivity index is 2.15. The van der Waals surface area contributed by atoms with Crippen molar-refractivity contribution in [1.29, 1.82) is 0 Å². The molecule has 0 aliphatic heterocycles. The highest BCUT2D eigenvalue weighted by atomic mass is 35.5. The van der Waals surface area contributed by atoms with Crippen LogP contribution in [-0.4, -0.2) is 13.2 Å². The third-order valence-electron chi connectivity index (χ3n) is 4.01. The number of hydrogen-bond donors (Lipinski definition) is 1. The molecule has 0 amide bonds. The molecule has 17 heavy (non-hydrogen) atoms. The van der Waals surface area contributed by atoms with Gasteiger partial charge in [0.2, 0.25) is 0 Å². The van der Waals surface area contributed by atoms with E-state index in [-0.39, 0.29) is 0 Å². The molecule has 3 unspecified atom stereocenters. The van der Waals surface area contributed by atoms with Crippen molar-refractivity contribution in [3.05, 3.63) is 28.8 Å². The Morgan fingerprint density at radius 2 is 2.18 bits per heavy atom. The number of hydrogen-bond acceptors (Lipinski definition) is 2. The third-order valence-corrected chi connectivity index (χ3v) is 4.25. The first-order valence-corrected chi connectivity index (χ1v) is 6.57. The van der Waals surface area contributed by atoms with Gasteiger partial charge in [-0.3, -0.25) is 0 Å². The predicted molar refractivity (Wildman–Crippen MR) is 71.6 cm³/mol. The van der Waals surface area contributed by atoms with Crippen LogP contribution in [0.25, 0.3) is 0 Å². The number of methoxy groups -OCH3 is 1. The molecule has 0 aromatic heterocycles. The van der Waals surface area contributed by atoms with Crippen molar-refractivity contribution in [2.24, 2.45) is 17.6 Å². The van der Waals surface area contributed by atoms with Gasteiger partial charge in [-0.15, -0.1) is 0 Å². The summed E-state index contributed by atoms with van der Waals surface area (Å²) in [6.45, 7) is 2.25. The van der Waals surface area contributed by atoms with Gasteiger partial charge >= 0.3 is 0 Å². The van der Waals surface area contributed by atoms with E-state index in [4.69, 9.17) is 22.1 Å². The Hall–Kier alpha value is -0.730. The lowest BCUT2D eigenvalue weighted by molar-refractivity contribution is 0.373. The fourth-order valence-corrected chi connectivity index (χ4v) is 2.95. The van der Waals surface area contributed by atoms with Gasteiger partial charge in [-0.25, -0.2) is 0 Å². The molecular weight excluding hydrogens is 234 g/mol. The molecule has 0 radical (unpaired) electrons. The number of nitrogens with two attached hydrogens (primary N) is 1. The van der Waals surface area contributed by atoms with Crippen molar-refractivity contribution < 1.29 is 4.74 Å². The Morgan fingerprint density at radius 3 is 2.76 bits per heavy atom. The van der Waals surface area contributed by atoms with E-state index in [1.54, 1.807) is 7.11 Å². The van der Waals surface area contributed by atoms with E-state index in [1.165, 1.54) is 12.0 Å².